The van der Waals surface area contributed by atoms with Crippen molar-refractivity contribution in [1.29, 1.82) is 0 Å². The van der Waals surface area contributed by atoms with Gasteiger partial charge in [0, 0.05) is 11.1 Å². The van der Waals surface area contributed by atoms with Gasteiger partial charge in [0.25, 0.3) is 0 Å². The van der Waals surface area contributed by atoms with Crippen LogP contribution >= 0.6 is 0 Å². The highest BCUT2D eigenvalue weighted by Gasteiger charge is 2.32. The van der Waals surface area contributed by atoms with Crippen molar-refractivity contribution in [3.8, 4) is 11.5 Å². The standard InChI is InChI=1S/C35H34F6O4/c1-3-44-27-16-14-25(31(38)33(27)40)19-4-6-20(7-5-19)26-15-17-28(34(41)32(26)39)45-35(43)22-10-8-21(9-11-22)24-13-12-23(18(2)42)29(36)30(24)37/h4,12-18,20-22,42H,3,5-11H2,1-2H3. The van der Waals surface area contributed by atoms with E-state index in [-0.39, 0.29) is 46.9 Å². The molecule has 0 aromatic heterocycles. The maximum atomic E-state index is 15.2. The number of benzene rings is 3. The Hall–Kier alpha value is -3.79. The van der Waals surface area contributed by atoms with Gasteiger partial charge in [-0.3, -0.25) is 4.79 Å². The molecule has 0 heterocycles. The second-order valence-corrected chi connectivity index (χ2v) is 11.7. The van der Waals surface area contributed by atoms with Crippen LogP contribution in [0.2, 0.25) is 0 Å². The Balaban J connectivity index is 1.21. The lowest BCUT2D eigenvalue weighted by Gasteiger charge is -2.28. The predicted molar refractivity (Wildman–Crippen MR) is 156 cm³/mol. The number of ether oxygens (including phenoxy) is 2. The van der Waals surface area contributed by atoms with Crippen LogP contribution in [-0.2, 0) is 4.79 Å². The van der Waals surface area contributed by atoms with Crippen molar-refractivity contribution in [2.75, 3.05) is 6.61 Å². The van der Waals surface area contributed by atoms with E-state index in [0.717, 1.165) is 0 Å². The fourth-order valence-electron chi connectivity index (χ4n) is 6.40. The molecule has 240 valence electrons. The van der Waals surface area contributed by atoms with Crippen LogP contribution in [0.4, 0.5) is 26.3 Å². The Labute approximate surface area is 257 Å². The normalized spacial score (nSPS) is 20.8. The first-order valence-electron chi connectivity index (χ1n) is 15.2. The molecule has 5 rings (SSSR count). The quantitative estimate of drug-likeness (QED) is 0.153. The van der Waals surface area contributed by atoms with E-state index in [1.54, 1.807) is 13.0 Å². The summed E-state index contributed by atoms with van der Waals surface area (Å²) >= 11 is 0. The maximum absolute atomic E-state index is 15.2. The summed E-state index contributed by atoms with van der Waals surface area (Å²) in [5, 5.41) is 9.61. The Morgan fingerprint density at radius 3 is 2.04 bits per heavy atom. The predicted octanol–water partition coefficient (Wildman–Crippen LogP) is 9.20. The third-order valence-electron chi connectivity index (χ3n) is 8.92. The van der Waals surface area contributed by atoms with Crippen LogP contribution in [0, 0.1) is 40.8 Å². The summed E-state index contributed by atoms with van der Waals surface area (Å²) in [4.78, 5) is 12.8. The zero-order valence-electron chi connectivity index (χ0n) is 24.9. The van der Waals surface area contributed by atoms with E-state index in [9.17, 15) is 27.5 Å². The van der Waals surface area contributed by atoms with E-state index in [1.807, 2.05) is 0 Å². The summed E-state index contributed by atoms with van der Waals surface area (Å²) in [6.45, 7) is 3.20. The molecule has 2 atom stereocenters. The monoisotopic (exact) mass is 632 g/mol. The SMILES string of the molecule is CCOc1ccc(C2=CCC(c3ccc(OC(=O)C4CCC(c5ccc(C(C)O)c(F)c5F)CC4)c(F)c3F)CC2)c(F)c1F. The van der Waals surface area contributed by atoms with E-state index in [0.29, 0.717) is 44.1 Å². The van der Waals surface area contributed by atoms with Gasteiger partial charge in [-0.1, -0.05) is 24.3 Å². The van der Waals surface area contributed by atoms with E-state index >= 15 is 8.78 Å². The summed E-state index contributed by atoms with van der Waals surface area (Å²) in [6.07, 6.45) is 2.81. The van der Waals surface area contributed by atoms with Crippen LogP contribution in [0.15, 0.2) is 42.5 Å². The second kappa shape index (κ2) is 13.7. The molecule has 0 aliphatic heterocycles. The highest BCUT2D eigenvalue weighted by Crippen LogP contribution is 2.42. The van der Waals surface area contributed by atoms with E-state index in [1.165, 1.54) is 43.3 Å². The van der Waals surface area contributed by atoms with E-state index < -0.39 is 64.6 Å². The molecule has 2 unspecified atom stereocenters. The Morgan fingerprint density at radius 2 is 1.40 bits per heavy atom. The zero-order chi connectivity index (χ0) is 32.4. The Bertz CT molecular complexity index is 1610. The lowest BCUT2D eigenvalue weighted by molar-refractivity contribution is -0.140. The molecule has 3 aromatic rings. The first kappa shape index (κ1) is 32.6. The summed E-state index contributed by atoms with van der Waals surface area (Å²) < 4.78 is 98.7. The average molecular weight is 633 g/mol. The molecule has 2 aliphatic rings. The third-order valence-corrected chi connectivity index (χ3v) is 8.92. The van der Waals surface area contributed by atoms with Crippen LogP contribution in [0.3, 0.4) is 0 Å². The van der Waals surface area contributed by atoms with E-state index in [4.69, 9.17) is 9.47 Å². The van der Waals surface area contributed by atoms with Crippen LogP contribution < -0.4 is 9.47 Å². The first-order valence-corrected chi connectivity index (χ1v) is 15.2. The van der Waals surface area contributed by atoms with Crippen molar-refractivity contribution in [3.63, 3.8) is 0 Å². The van der Waals surface area contributed by atoms with Crippen molar-refractivity contribution in [2.45, 2.75) is 76.7 Å². The maximum Gasteiger partial charge on any atom is 0.314 e. The van der Waals surface area contributed by atoms with Crippen molar-refractivity contribution in [2.24, 2.45) is 5.92 Å². The van der Waals surface area contributed by atoms with Crippen LogP contribution in [0.25, 0.3) is 5.57 Å². The number of aliphatic hydroxyl groups excluding tert-OH is 1. The number of aliphatic hydroxyl groups is 1. The van der Waals surface area contributed by atoms with Crippen LogP contribution in [0.5, 0.6) is 11.5 Å². The van der Waals surface area contributed by atoms with E-state index in [2.05, 4.69) is 0 Å². The molecule has 0 saturated heterocycles. The Kier molecular flexibility index (Phi) is 9.91. The number of carbonyl (C=O) groups is 1. The number of hydrogen-bond donors (Lipinski definition) is 1. The molecule has 1 N–H and O–H groups in total. The van der Waals surface area contributed by atoms with Crippen molar-refractivity contribution in [3.05, 3.63) is 99.6 Å². The molecule has 1 saturated carbocycles. The van der Waals surface area contributed by atoms with Crippen molar-refractivity contribution in [1.82, 2.24) is 0 Å². The van der Waals surface area contributed by atoms with Gasteiger partial charge in [0.15, 0.2) is 34.8 Å². The summed E-state index contributed by atoms with van der Waals surface area (Å²) in [6, 6.07) is 8.19. The van der Waals surface area contributed by atoms with Gasteiger partial charge in [0.2, 0.25) is 11.6 Å². The molecule has 45 heavy (non-hydrogen) atoms. The molecule has 10 heteroatoms. The number of rotatable bonds is 8. The number of hydrogen-bond acceptors (Lipinski definition) is 4. The molecular formula is C35H34F6O4. The largest absolute Gasteiger partial charge is 0.491 e. The number of allylic oxidation sites excluding steroid dienone is 2. The molecular weight excluding hydrogens is 598 g/mol. The minimum atomic E-state index is -1.29. The molecule has 0 amide bonds. The molecule has 2 aliphatic carbocycles. The molecule has 4 nitrogen and oxygen atoms in total. The van der Waals surface area contributed by atoms with Gasteiger partial charge >= 0.3 is 5.97 Å². The van der Waals surface area contributed by atoms with Gasteiger partial charge in [-0.2, -0.15) is 8.78 Å². The molecule has 1 fully saturated rings. The van der Waals surface area contributed by atoms with Crippen molar-refractivity contribution < 1.29 is 45.7 Å². The van der Waals surface area contributed by atoms with Crippen molar-refractivity contribution >= 4 is 11.5 Å². The van der Waals surface area contributed by atoms with Gasteiger partial charge in [-0.05, 0) is 106 Å². The first-order chi connectivity index (χ1) is 21.5. The highest BCUT2D eigenvalue weighted by atomic mass is 19.2. The third kappa shape index (κ3) is 6.61. The fourth-order valence-corrected chi connectivity index (χ4v) is 6.40. The Morgan fingerprint density at radius 1 is 0.778 bits per heavy atom. The molecule has 0 spiro atoms. The number of carbonyl (C=O) groups excluding carboxylic acids is 1. The summed E-state index contributed by atoms with van der Waals surface area (Å²) in [7, 11) is 0. The van der Waals surface area contributed by atoms with Gasteiger partial charge in [-0.25, -0.2) is 17.6 Å². The fraction of sp³-hybridized carbons (Fsp3) is 0.400. The molecule has 3 aromatic carbocycles. The molecule has 0 bridgehead atoms. The number of esters is 1. The van der Waals surface area contributed by atoms with Gasteiger partial charge in [0.05, 0.1) is 18.6 Å². The van der Waals surface area contributed by atoms with Crippen LogP contribution in [-0.4, -0.2) is 17.7 Å². The lowest BCUT2D eigenvalue weighted by Crippen LogP contribution is -2.26. The lowest BCUT2D eigenvalue weighted by atomic mass is 9.78. The minimum absolute atomic E-state index is 0.0947. The zero-order valence-corrected chi connectivity index (χ0v) is 24.9. The van der Waals surface area contributed by atoms with Gasteiger partial charge in [-0.15, -0.1) is 0 Å². The van der Waals surface area contributed by atoms with Gasteiger partial charge < -0.3 is 14.6 Å². The summed E-state index contributed by atoms with van der Waals surface area (Å²) in [5.74, 6) is -9.45. The summed E-state index contributed by atoms with van der Waals surface area (Å²) in [5.41, 5.74) is 0.807. The highest BCUT2D eigenvalue weighted by molar-refractivity contribution is 5.75. The van der Waals surface area contributed by atoms with Crippen LogP contribution in [0.1, 0.15) is 99.0 Å². The average Bonchev–Trinajstić information content (AvgIpc) is 3.03. The van der Waals surface area contributed by atoms with Gasteiger partial charge in [0.1, 0.15) is 0 Å². The number of halogens is 6. The topological polar surface area (TPSA) is 55.8 Å². The smallest absolute Gasteiger partial charge is 0.314 e. The molecule has 0 radical (unpaired) electrons. The second-order valence-electron chi connectivity index (χ2n) is 11.7. The minimum Gasteiger partial charge on any atom is -0.491 e.